The fraction of sp³-hybridized carbons (Fsp3) is 0.312. The van der Waals surface area contributed by atoms with E-state index in [1.807, 2.05) is 0 Å². The van der Waals surface area contributed by atoms with Crippen molar-refractivity contribution >= 4 is 22.0 Å². The van der Waals surface area contributed by atoms with Crippen molar-refractivity contribution in [2.45, 2.75) is 23.2 Å². The second-order valence-corrected chi connectivity index (χ2v) is 7.50. The van der Waals surface area contributed by atoms with E-state index in [0.717, 1.165) is 10.8 Å². The Kier molecular flexibility index (Phi) is 5.12. The Hall–Kier alpha value is -2.64. The SMILES string of the molecule is Cn1c(-c2ncc(C(F)(F)F)cc2S(C)=O)nc2cc(C(F)(F)C(F)(F)F)cnc21. The third-order valence-electron chi connectivity index (χ3n) is 4.13. The van der Waals surface area contributed by atoms with Crippen LogP contribution in [0.25, 0.3) is 22.7 Å². The molecule has 30 heavy (non-hydrogen) atoms. The van der Waals surface area contributed by atoms with E-state index in [2.05, 4.69) is 15.0 Å². The molecule has 0 saturated heterocycles. The lowest BCUT2D eigenvalue weighted by Gasteiger charge is -2.19. The molecule has 0 radical (unpaired) electrons. The van der Waals surface area contributed by atoms with Gasteiger partial charge in [-0.05, 0) is 12.1 Å². The van der Waals surface area contributed by atoms with Gasteiger partial charge >= 0.3 is 18.3 Å². The number of halogens is 8. The highest BCUT2D eigenvalue weighted by Crippen LogP contribution is 2.44. The highest BCUT2D eigenvalue weighted by atomic mass is 32.2. The van der Waals surface area contributed by atoms with Gasteiger partial charge in [0.25, 0.3) is 0 Å². The van der Waals surface area contributed by atoms with Crippen LogP contribution in [0.3, 0.4) is 0 Å². The fourth-order valence-corrected chi connectivity index (χ4v) is 3.32. The quantitative estimate of drug-likeness (QED) is 0.545. The van der Waals surface area contributed by atoms with Crippen LogP contribution in [0.4, 0.5) is 35.1 Å². The van der Waals surface area contributed by atoms with E-state index in [4.69, 9.17) is 0 Å². The minimum Gasteiger partial charge on any atom is -0.310 e. The standard InChI is InChI=1S/C16H10F8N4OS/c1-28-12-9(3-7(5-26-12)14(17,18)16(22,23)24)27-13(28)11-10(30(2)29)4-8(6-25-11)15(19,20)21/h3-6H,1-2H3. The highest BCUT2D eigenvalue weighted by molar-refractivity contribution is 7.84. The summed E-state index contributed by atoms with van der Waals surface area (Å²) in [5.74, 6) is -5.39. The first-order valence-electron chi connectivity index (χ1n) is 7.83. The smallest absolute Gasteiger partial charge is 0.310 e. The van der Waals surface area contributed by atoms with Crippen molar-refractivity contribution in [3.05, 3.63) is 35.7 Å². The molecule has 3 aromatic heterocycles. The number of alkyl halides is 8. The van der Waals surface area contributed by atoms with E-state index in [1.54, 1.807) is 0 Å². The molecule has 3 rings (SSSR count). The van der Waals surface area contributed by atoms with Crippen molar-refractivity contribution in [3.63, 3.8) is 0 Å². The molecule has 0 aliphatic rings. The second-order valence-electron chi connectivity index (χ2n) is 6.16. The highest BCUT2D eigenvalue weighted by Gasteiger charge is 2.59. The zero-order chi connectivity index (χ0) is 22.6. The first-order valence-corrected chi connectivity index (χ1v) is 9.39. The molecule has 14 heteroatoms. The van der Waals surface area contributed by atoms with Crippen LogP contribution in [-0.2, 0) is 29.9 Å². The molecule has 0 N–H and O–H groups in total. The monoisotopic (exact) mass is 458 g/mol. The summed E-state index contributed by atoms with van der Waals surface area (Å²) >= 11 is 0. The summed E-state index contributed by atoms with van der Waals surface area (Å²) in [5, 5.41) is 0. The number of imidazole rings is 1. The van der Waals surface area contributed by atoms with Crippen molar-refractivity contribution in [2.75, 3.05) is 6.26 Å². The lowest BCUT2D eigenvalue weighted by molar-refractivity contribution is -0.289. The van der Waals surface area contributed by atoms with E-state index < -0.39 is 40.2 Å². The van der Waals surface area contributed by atoms with E-state index >= 15 is 0 Å². The Morgan fingerprint density at radius 1 is 0.933 bits per heavy atom. The summed E-state index contributed by atoms with van der Waals surface area (Å²) < 4.78 is 117. The molecule has 0 aliphatic heterocycles. The van der Waals surface area contributed by atoms with E-state index in [-0.39, 0.29) is 27.6 Å². The van der Waals surface area contributed by atoms with Crippen LogP contribution < -0.4 is 0 Å². The first kappa shape index (κ1) is 22.1. The van der Waals surface area contributed by atoms with Gasteiger partial charge in [-0.25, -0.2) is 9.97 Å². The van der Waals surface area contributed by atoms with Gasteiger partial charge < -0.3 is 4.57 Å². The number of hydrogen-bond acceptors (Lipinski definition) is 4. The molecule has 162 valence electrons. The number of nitrogens with zero attached hydrogens (tertiary/aromatic N) is 4. The van der Waals surface area contributed by atoms with Crippen LogP contribution >= 0.6 is 0 Å². The van der Waals surface area contributed by atoms with Gasteiger partial charge in [0.1, 0.15) is 11.2 Å². The minimum absolute atomic E-state index is 0.124. The van der Waals surface area contributed by atoms with Crippen LogP contribution in [0, 0.1) is 0 Å². The third-order valence-corrected chi connectivity index (χ3v) is 5.06. The molecule has 0 bridgehead atoms. The Bertz CT molecular complexity index is 1150. The Labute approximate surface area is 165 Å². The van der Waals surface area contributed by atoms with Crippen molar-refractivity contribution < 1.29 is 39.3 Å². The van der Waals surface area contributed by atoms with Gasteiger partial charge in [-0.3, -0.25) is 9.19 Å². The molecule has 1 atom stereocenters. The van der Waals surface area contributed by atoms with Gasteiger partial charge in [-0.2, -0.15) is 35.1 Å². The Balaban J connectivity index is 2.21. The van der Waals surface area contributed by atoms with E-state index in [9.17, 15) is 39.3 Å². The Morgan fingerprint density at radius 3 is 2.07 bits per heavy atom. The summed E-state index contributed by atoms with van der Waals surface area (Å²) in [4.78, 5) is 10.8. The summed E-state index contributed by atoms with van der Waals surface area (Å²) in [6.45, 7) is 0. The topological polar surface area (TPSA) is 60.7 Å². The predicted octanol–water partition coefficient (Wildman–Crippen LogP) is 4.44. The molecule has 0 fully saturated rings. The molecule has 3 aromatic rings. The maximum Gasteiger partial charge on any atom is 0.458 e. The maximum atomic E-state index is 13.6. The number of pyridine rings is 2. The van der Waals surface area contributed by atoms with Crippen LogP contribution in [0.2, 0.25) is 0 Å². The number of rotatable bonds is 3. The third kappa shape index (κ3) is 3.63. The molecule has 5 nitrogen and oxygen atoms in total. The van der Waals surface area contributed by atoms with E-state index in [0.29, 0.717) is 24.5 Å². The van der Waals surface area contributed by atoms with Gasteiger partial charge in [0.2, 0.25) is 0 Å². The average Bonchev–Trinajstić information content (AvgIpc) is 2.95. The molecule has 0 aromatic carbocycles. The average molecular weight is 458 g/mol. The second kappa shape index (κ2) is 6.96. The summed E-state index contributed by atoms with van der Waals surface area (Å²) in [7, 11) is -0.645. The van der Waals surface area contributed by atoms with Gasteiger partial charge in [0.15, 0.2) is 11.5 Å². The lowest BCUT2D eigenvalue weighted by atomic mass is 10.1. The Morgan fingerprint density at radius 2 is 1.53 bits per heavy atom. The first-order chi connectivity index (χ1) is 13.6. The van der Waals surface area contributed by atoms with Crippen LogP contribution in [0.1, 0.15) is 11.1 Å². The summed E-state index contributed by atoms with van der Waals surface area (Å²) in [5.41, 5.74) is -3.37. The van der Waals surface area contributed by atoms with Crippen molar-refractivity contribution in [1.29, 1.82) is 0 Å². The summed E-state index contributed by atoms with van der Waals surface area (Å²) in [6, 6.07) is 1.08. The molecular formula is C16H10F8N4OS. The predicted molar refractivity (Wildman–Crippen MR) is 89.0 cm³/mol. The van der Waals surface area contributed by atoms with Gasteiger partial charge in [0, 0.05) is 25.7 Å². The zero-order valence-corrected chi connectivity index (χ0v) is 15.8. The van der Waals surface area contributed by atoms with Crippen LogP contribution in [-0.4, -0.2) is 36.2 Å². The van der Waals surface area contributed by atoms with Crippen molar-refractivity contribution in [3.8, 4) is 11.5 Å². The van der Waals surface area contributed by atoms with Gasteiger partial charge in [0.05, 0.1) is 26.8 Å². The molecule has 0 spiro atoms. The van der Waals surface area contributed by atoms with Crippen molar-refractivity contribution in [1.82, 2.24) is 19.5 Å². The van der Waals surface area contributed by atoms with Gasteiger partial charge in [-0.15, -0.1) is 0 Å². The van der Waals surface area contributed by atoms with Gasteiger partial charge in [-0.1, -0.05) is 0 Å². The van der Waals surface area contributed by atoms with E-state index in [1.165, 1.54) is 7.05 Å². The number of aryl methyl sites for hydroxylation is 1. The number of fused-ring (bicyclic) bond motifs is 1. The molecule has 0 saturated carbocycles. The number of aromatic nitrogens is 4. The molecule has 0 amide bonds. The fourth-order valence-electron chi connectivity index (χ4n) is 2.61. The maximum absolute atomic E-state index is 13.6. The molecule has 3 heterocycles. The molecular weight excluding hydrogens is 448 g/mol. The lowest BCUT2D eigenvalue weighted by Crippen LogP contribution is -2.33. The molecule has 1 unspecified atom stereocenters. The molecule has 0 aliphatic carbocycles. The minimum atomic E-state index is -5.86. The zero-order valence-electron chi connectivity index (χ0n) is 14.9. The largest absolute Gasteiger partial charge is 0.458 e. The normalized spacial score (nSPS) is 14.3. The van der Waals surface area contributed by atoms with Crippen LogP contribution in [0.5, 0.6) is 0 Å². The van der Waals surface area contributed by atoms with Crippen LogP contribution in [0.15, 0.2) is 29.4 Å². The number of hydrogen-bond donors (Lipinski definition) is 0. The summed E-state index contributed by atoms with van der Waals surface area (Å²) in [6.07, 6.45) is -8.71. The van der Waals surface area contributed by atoms with Crippen molar-refractivity contribution in [2.24, 2.45) is 7.05 Å².